The van der Waals surface area contributed by atoms with Crippen molar-refractivity contribution in [2.24, 2.45) is 0 Å². The monoisotopic (exact) mass is 250 g/mol. The summed E-state index contributed by atoms with van der Waals surface area (Å²) in [6.07, 6.45) is 5.92. The van der Waals surface area contributed by atoms with Crippen LogP contribution in [0.25, 0.3) is 5.57 Å². The maximum Gasteiger partial charge on any atom is 0.334 e. The fourth-order valence-corrected chi connectivity index (χ4v) is 1.81. The highest BCUT2D eigenvalue weighted by Crippen LogP contribution is 2.27. The third kappa shape index (κ3) is 2.36. The zero-order chi connectivity index (χ0) is 12.4. The van der Waals surface area contributed by atoms with Gasteiger partial charge in [-0.1, -0.05) is 6.08 Å². The van der Waals surface area contributed by atoms with Gasteiger partial charge in [0.25, 0.3) is 0 Å². The first-order valence-electron chi connectivity index (χ1n) is 5.10. The molecule has 88 valence electrons. The molecule has 4 nitrogen and oxygen atoms in total. The Morgan fingerprint density at radius 1 is 1.53 bits per heavy atom. The third-order valence-corrected chi connectivity index (χ3v) is 2.72. The quantitative estimate of drug-likeness (QED) is 0.597. The number of hydrogen-bond acceptors (Lipinski definition) is 4. The predicted molar refractivity (Wildman–Crippen MR) is 64.5 cm³/mol. The number of carbonyl (C=O) groups is 1. The zero-order valence-corrected chi connectivity index (χ0v) is 10.3. The molecule has 2 rings (SSSR count). The summed E-state index contributed by atoms with van der Waals surface area (Å²) in [5.74, 6) is -0.311. The van der Waals surface area contributed by atoms with Crippen LogP contribution in [0, 0.1) is 6.92 Å². The van der Waals surface area contributed by atoms with Crippen molar-refractivity contribution in [2.75, 3.05) is 7.11 Å². The fourth-order valence-electron chi connectivity index (χ4n) is 1.68. The minimum absolute atomic E-state index is 0.200. The van der Waals surface area contributed by atoms with Crippen molar-refractivity contribution < 1.29 is 9.53 Å². The van der Waals surface area contributed by atoms with Crippen LogP contribution in [0.2, 0.25) is 5.28 Å². The molecule has 0 atom stereocenters. The summed E-state index contributed by atoms with van der Waals surface area (Å²) in [6.45, 7) is 1.90. The number of rotatable bonds is 2. The number of ether oxygens (including phenoxy) is 1. The maximum absolute atomic E-state index is 11.4. The molecule has 1 aliphatic carbocycles. The smallest absolute Gasteiger partial charge is 0.334 e. The van der Waals surface area contributed by atoms with E-state index < -0.39 is 0 Å². The lowest BCUT2D eigenvalue weighted by Gasteiger charge is -2.03. The summed E-state index contributed by atoms with van der Waals surface area (Å²) >= 11 is 5.76. The van der Waals surface area contributed by atoms with E-state index in [0.717, 1.165) is 16.8 Å². The van der Waals surface area contributed by atoms with Crippen LogP contribution in [0.15, 0.2) is 23.9 Å². The topological polar surface area (TPSA) is 52.1 Å². The standard InChI is InChI=1S/C12H11ClN2O2/c1-7-6-14-12(13)15-10(7)8-3-4-9(5-8)11(16)17-2/h3,5-6H,4H2,1-2H3. The molecule has 1 aromatic rings. The van der Waals surface area contributed by atoms with Crippen LogP contribution >= 0.6 is 11.6 Å². The first-order chi connectivity index (χ1) is 8.11. The first-order valence-corrected chi connectivity index (χ1v) is 5.48. The average Bonchev–Trinajstić information content (AvgIpc) is 2.80. The van der Waals surface area contributed by atoms with Crippen molar-refractivity contribution >= 4 is 23.1 Å². The van der Waals surface area contributed by atoms with Gasteiger partial charge in [0, 0.05) is 11.8 Å². The molecule has 0 aliphatic heterocycles. The average molecular weight is 251 g/mol. The summed E-state index contributed by atoms with van der Waals surface area (Å²) in [5.41, 5.74) is 3.18. The van der Waals surface area contributed by atoms with E-state index in [9.17, 15) is 4.79 Å². The second-order valence-electron chi connectivity index (χ2n) is 3.70. The molecule has 1 aliphatic rings. The van der Waals surface area contributed by atoms with Gasteiger partial charge in [0.05, 0.1) is 12.8 Å². The highest BCUT2D eigenvalue weighted by atomic mass is 35.5. The highest BCUT2D eigenvalue weighted by Gasteiger charge is 2.17. The van der Waals surface area contributed by atoms with Crippen molar-refractivity contribution in [2.45, 2.75) is 13.3 Å². The largest absolute Gasteiger partial charge is 0.466 e. The van der Waals surface area contributed by atoms with Gasteiger partial charge in [-0.05, 0) is 42.2 Å². The van der Waals surface area contributed by atoms with Gasteiger partial charge in [-0.15, -0.1) is 0 Å². The molecule has 1 aromatic heterocycles. The van der Waals surface area contributed by atoms with E-state index in [1.54, 1.807) is 12.3 Å². The van der Waals surface area contributed by atoms with Crippen LogP contribution in [0.4, 0.5) is 0 Å². The Morgan fingerprint density at radius 3 is 3.00 bits per heavy atom. The van der Waals surface area contributed by atoms with Crippen LogP contribution in [0.5, 0.6) is 0 Å². The lowest BCUT2D eigenvalue weighted by atomic mass is 10.1. The summed E-state index contributed by atoms with van der Waals surface area (Å²) in [7, 11) is 1.37. The number of aryl methyl sites for hydroxylation is 1. The molecule has 0 N–H and O–H groups in total. The number of carbonyl (C=O) groups excluding carboxylic acids is 1. The Labute approximate surface area is 104 Å². The van der Waals surface area contributed by atoms with E-state index in [2.05, 4.69) is 14.7 Å². The number of esters is 1. The predicted octanol–water partition coefficient (Wildman–Crippen LogP) is 2.32. The summed E-state index contributed by atoms with van der Waals surface area (Å²) < 4.78 is 4.67. The van der Waals surface area contributed by atoms with Crippen LogP contribution in [0.3, 0.4) is 0 Å². The van der Waals surface area contributed by atoms with E-state index in [4.69, 9.17) is 11.6 Å². The van der Waals surface area contributed by atoms with E-state index in [1.165, 1.54) is 7.11 Å². The normalized spacial score (nSPS) is 14.3. The molecule has 0 saturated carbocycles. The van der Waals surface area contributed by atoms with Gasteiger partial charge in [-0.25, -0.2) is 14.8 Å². The second-order valence-corrected chi connectivity index (χ2v) is 4.03. The number of hydrogen-bond donors (Lipinski definition) is 0. The molecule has 1 heterocycles. The van der Waals surface area contributed by atoms with Gasteiger partial charge in [-0.2, -0.15) is 0 Å². The second kappa shape index (κ2) is 4.67. The van der Waals surface area contributed by atoms with Gasteiger partial charge >= 0.3 is 5.97 Å². The van der Waals surface area contributed by atoms with Gasteiger partial charge in [0.2, 0.25) is 5.28 Å². The Bertz CT molecular complexity index is 535. The molecule has 0 fully saturated rings. The zero-order valence-electron chi connectivity index (χ0n) is 9.53. The number of nitrogens with zero attached hydrogens (tertiary/aromatic N) is 2. The Balaban J connectivity index is 2.34. The Kier molecular flexibility index (Phi) is 3.24. The molecule has 0 radical (unpaired) electrons. The van der Waals surface area contributed by atoms with Crippen molar-refractivity contribution in [3.63, 3.8) is 0 Å². The van der Waals surface area contributed by atoms with Crippen LogP contribution < -0.4 is 0 Å². The first kappa shape index (κ1) is 11.8. The molecular weight excluding hydrogens is 240 g/mol. The third-order valence-electron chi connectivity index (χ3n) is 2.53. The van der Waals surface area contributed by atoms with Crippen molar-refractivity contribution in [3.8, 4) is 0 Å². The van der Waals surface area contributed by atoms with E-state index >= 15 is 0 Å². The van der Waals surface area contributed by atoms with Crippen molar-refractivity contribution in [3.05, 3.63) is 40.5 Å². The molecular formula is C12H11ClN2O2. The van der Waals surface area contributed by atoms with Crippen molar-refractivity contribution in [1.82, 2.24) is 9.97 Å². The molecule has 0 amide bonds. The Hall–Kier alpha value is -1.68. The molecule has 0 unspecified atom stereocenters. The fraction of sp³-hybridized carbons (Fsp3) is 0.250. The minimum atomic E-state index is -0.311. The van der Waals surface area contributed by atoms with Gasteiger partial charge in [0.15, 0.2) is 0 Å². The van der Waals surface area contributed by atoms with Crippen LogP contribution in [-0.2, 0) is 9.53 Å². The summed E-state index contributed by atoms with van der Waals surface area (Å²) in [4.78, 5) is 19.4. The van der Waals surface area contributed by atoms with E-state index in [1.807, 2.05) is 13.0 Å². The van der Waals surface area contributed by atoms with E-state index in [0.29, 0.717) is 12.0 Å². The molecule has 0 spiro atoms. The lowest BCUT2D eigenvalue weighted by Crippen LogP contribution is -2.02. The molecule has 17 heavy (non-hydrogen) atoms. The molecule has 0 aromatic carbocycles. The molecule has 0 bridgehead atoms. The number of halogens is 1. The maximum atomic E-state index is 11.4. The SMILES string of the molecule is COC(=O)C1=CC(c2nc(Cl)ncc2C)=CC1. The highest BCUT2D eigenvalue weighted by molar-refractivity contribution is 6.28. The van der Waals surface area contributed by atoms with Gasteiger partial charge in [-0.3, -0.25) is 0 Å². The van der Waals surface area contributed by atoms with E-state index in [-0.39, 0.29) is 11.3 Å². The van der Waals surface area contributed by atoms with Gasteiger partial charge < -0.3 is 4.74 Å². The van der Waals surface area contributed by atoms with Crippen LogP contribution in [0.1, 0.15) is 17.7 Å². The summed E-state index contributed by atoms with van der Waals surface area (Å²) in [6, 6.07) is 0. The van der Waals surface area contributed by atoms with Crippen LogP contribution in [-0.4, -0.2) is 23.0 Å². The molecule has 5 heteroatoms. The lowest BCUT2D eigenvalue weighted by molar-refractivity contribution is -0.136. The summed E-state index contributed by atoms with van der Waals surface area (Å²) in [5, 5.41) is 0.200. The number of aromatic nitrogens is 2. The number of allylic oxidation sites excluding steroid dienone is 3. The minimum Gasteiger partial charge on any atom is -0.466 e. The molecule has 0 saturated heterocycles. The van der Waals surface area contributed by atoms with Crippen molar-refractivity contribution in [1.29, 1.82) is 0 Å². The van der Waals surface area contributed by atoms with Gasteiger partial charge in [0.1, 0.15) is 0 Å². The number of methoxy groups -OCH3 is 1. The Morgan fingerprint density at radius 2 is 2.29 bits per heavy atom.